The molecule has 0 saturated carbocycles. The minimum Gasteiger partial charge on any atom is -0.267 e. The number of aromatic nitrogens is 3. The first-order valence-electron chi connectivity index (χ1n) is 6.02. The molecule has 0 aliphatic carbocycles. The van der Waals surface area contributed by atoms with E-state index < -0.39 is 0 Å². The maximum atomic E-state index is 5.78. The summed E-state index contributed by atoms with van der Waals surface area (Å²) >= 11 is 10.8. The van der Waals surface area contributed by atoms with Crippen LogP contribution in [0, 0.1) is 0 Å². The summed E-state index contributed by atoms with van der Waals surface area (Å²) in [5.74, 6) is 0.461. The third-order valence-electron chi connectivity index (χ3n) is 2.84. The fourth-order valence-corrected chi connectivity index (χ4v) is 3.25. The van der Waals surface area contributed by atoms with Gasteiger partial charge in [0.25, 0.3) is 0 Å². The molecule has 3 rings (SSSR count). The Labute approximate surface area is 134 Å². The van der Waals surface area contributed by atoms with Crippen molar-refractivity contribution in [3.05, 3.63) is 57.8 Å². The van der Waals surface area contributed by atoms with E-state index in [-0.39, 0.29) is 0 Å². The van der Waals surface area contributed by atoms with Crippen LogP contribution in [-0.2, 0) is 12.4 Å². The van der Waals surface area contributed by atoms with E-state index in [1.807, 2.05) is 16.3 Å². The van der Waals surface area contributed by atoms with Gasteiger partial charge in [0.05, 0.1) is 28.8 Å². The lowest BCUT2D eigenvalue weighted by Gasteiger charge is -2.03. The Morgan fingerprint density at radius 1 is 1.25 bits per heavy atom. The van der Waals surface area contributed by atoms with Gasteiger partial charge in [-0.25, -0.2) is 4.98 Å². The highest BCUT2D eigenvalue weighted by molar-refractivity contribution is 9.10. The SMILES string of the molecule is ClCc1csc(-c2ccc(Cn3cc(Br)cn3)cc2)n1. The molecule has 0 saturated heterocycles. The van der Waals surface area contributed by atoms with E-state index in [9.17, 15) is 0 Å². The molecule has 20 heavy (non-hydrogen) atoms. The van der Waals surface area contributed by atoms with Crippen LogP contribution in [0.5, 0.6) is 0 Å². The van der Waals surface area contributed by atoms with Crippen LogP contribution in [0.15, 0.2) is 46.5 Å². The van der Waals surface area contributed by atoms with Crippen LogP contribution in [0.1, 0.15) is 11.3 Å². The molecule has 0 N–H and O–H groups in total. The summed E-state index contributed by atoms with van der Waals surface area (Å²) < 4.78 is 2.89. The second-order valence-corrected chi connectivity index (χ2v) is 6.37. The maximum Gasteiger partial charge on any atom is 0.123 e. The lowest BCUT2D eigenvalue weighted by molar-refractivity contribution is 0.687. The number of benzene rings is 1. The van der Waals surface area contributed by atoms with Gasteiger partial charge in [-0.3, -0.25) is 4.68 Å². The van der Waals surface area contributed by atoms with Crippen LogP contribution < -0.4 is 0 Å². The molecule has 0 spiro atoms. The Balaban J connectivity index is 1.77. The molecule has 2 heterocycles. The van der Waals surface area contributed by atoms with Crippen molar-refractivity contribution in [1.29, 1.82) is 0 Å². The average molecular weight is 369 g/mol. The first-order valence-corrected chi connectivity index (χ1v) is 8.23. The molecular weight excluding hydrogens is 358 g/mol. The molecule has 3 aromatic rings. The van der Waals surface area contributed by atoms with E-state index in [1.54, 1.807) is 17.5 Å². The topological polar surface area (TPSA) is 30.7 Å². The van der Waals surface area contributed by atoms with E-state index in [1.165, 1.54) is 5.56 Å². The Morgan fingerprint density at radius 3 is 2.65 bits per heavy atom. The van der Waals surface area contributed by atoms with Crippen LogP contribution in [-0.4, -0.2) is 14.8 Å². The van der Waals surface area contributed by atoms with Crippen LogP contribution in [0.25, 0.3) is 10.6 Å². The monoisotopic (exact) mass is 367 g/mol. The van der Waals surface area contributed by atoms with Gasteiger partial charge < -0.3 is 0 Å². The van der Waals surface area contributed by atoms with E-state index in [0.29, 0.717) is 5.88 Å². The van der Waals surface area contributed by atoms with Crippen molar-refractivity contribution in [2.75, 3.05) is 0 Å². The molecule has 102 valence electrons. The summed E-state index contributed by atoms with van der Waals surface area (Å²) in [5, 5.41) is 7.26. The Hall–Kier alpha value is -1.17. The maximum absolute atomic E-state index is 5.78. The fraction of sp³-hybridized carbons (Fsp3) is 0.143. The number of hydrogen-bond acceptors (Lipinski definition) is 3. The van der Waals surface area contributed by atoms with Gasteiger partial charge in [0, 0.05) is 17.1 Å². The number of rotatable bonds is 4. The molecule has 0 fully saturated rings. The van der Waals surface area contributed by atoms with Gasteiger partial charge in [-0.05, 0) is 21.5 Å². The first kappa shape index (κ1) is 13.8. The number of thiazole rings is 1. The van der Waals surface area contributed by atoms with Crippen molar-refractivity contribution in [2.24, 2.45) is 0 Å². The summed E-state index contributed by atoms with van der Waals surface area (Å²) in [7, 11) is 0. The van der Waals surface area contributed by atoms with Crippen molar-refractivity contribution in [2.45, 2.75) is 12.4 Å². The Bertz CT molecular complexity index is 705. The molecule has 3 nitrogen and oxygen atoms in total. The molecular formula is C14H11BrClN3S. The van der Waals surface area contributed by atoms with Gasteiger partial charge >= 0.3 is 0 Å². The normalized spacial score (nSPS) is 10.9. The second-order valence-electron chi connectivity index (χ2n) is 4.33. The van der Waals surface area contributed by atoms with Crippen molar-refractivity contribution >= 4 is 38.9 Å². The highest BCUT2D eigenvalue weighted by Gasteiger charge is 2.04. The summed E-state index contributed by atoms with van der Waals surface area (Å²) in [6, 6.07) is 8.38. The van der Waals surface area contributed by atoms with Gasteiger partial charge in [0.15, 0.2) is 0 Å². The molecule has 0 radical (unpaired) electrons. The third-order valence-corrected chi connectivity index (χ3v) is 4.46. The number of halogens is 2. The van der Waals surface area contributed by atoms with E-state index in [2.05, 4.69) is 50.3 Å². The van der Waals surface area contributed by atoms with E-state index in [0.717, 1.165) is 27.3 Å². The molecule has 2 aromatic heterocycles. The molecule has 0 amide bonds. The predicted octanol–water partition coefficient (Wildman–Crippen LogP) is 4.56. The molecule has 6 heteroatoms. The highest BCUT2D eigenvalue weighted by atomic mass is 79.9. The fourth-order valence-electron chi connectivity index (χ4n) is 1.87. The van der Waals surface area contributed by atoms with Gasteiger partial charge in [-0.1, -0.05) is 24.3 Å². The van der Waals surface area contributed by atoms with Gasteiger partial charge in [-0.15, -0.1) is 22.9 Å². The van der Waals surface area contributed by atoms with E-state index >= 15 is 0 Å². The highest BCUT2D eigenvalue weighted by Crippen LogP contribution is 2.24. The number of alkyl halides is 1. The van der Waals surface area contributed by atoms with Crippen LogP contribution in [0.4, 0.5) is 0 Å². The van der Waals surface area contributed by atoms with Gasteiger partial charge in [-0.2, -0.15) is 5.10 Å². The van der Waals surface area contributed by atoms with Crippen molar-refractivity contribution in [3.8, 4) is 10.6 Å². The zero-order valence-corrected chi connectivity index (χ0v) is 13.6. The first-order chi connectivity index (χ1) is 9.74. The van der Waals surface area contributed by atoms with Crippen LogP contribution in [0.3, 0.4) is 0 Å². The Kier molecular flexibility index (Phi) is 4.19. The predicted molar refractivity (Wildman–Crippen MR) is 86.1 cm³/mol. The molecule has 0 bridgehead atoms. The number of hydrogen-bond donors (Lipinski definition) is 0. The average Bonchev–Trinajstić information content (AvgIpc) is 3.09. The van der Waals surface area contributed by atoms with Crippen molar-refractivity contribution in [1.82, 2.24) is 14.8 Å². The molecule has 0 atom stereocenters. The van der Waals surface area contributed by atoms with Crippen LogP contribution in [0.2, 0.25) is 0 Å². The third kappa shape index (κ3) is 3.11. The van der Waals surface area contributed by atoms with E-state index in [4.69, 9.17) is 11.6 Å². The minimum atomic E-state index is 0.461. The lowest BCUT2D eigenvalue weighted by atomic mass is 10.1. The summed E-state index contributed by atoms with van der Waals surface area (Å²) in [6.45, 7) is 0.761. The molecule has 0 unspecified atom stereocenters. The zero-order chi connectivity index (χ0) is 13.9. The second kappa shape index (κ2) is 6.08. The summed E-state index contributed by atoms with van der Waals surface area (Å²) in [6.07, 6.45) is 3.75. The molecule has 1 aromatic carbocycles. The standard InChI is InChI=1S/C14H11BrClN3S/c15-12-6-17-19(8-12)7-10-1-3-11(4-2-10)14-18-13(5-16)9-20-14/h1-4,6,8-9H,5,7H2. The van der Waals surface area contributed by atoms with Crippen molar-refractivity contribution in [3.63, 3.8) is 0 Å². The van der Waals surface area contributed by atoms with Crippen molar-refractivity contribution < 1.29 is 0 Å². The lowest BCUT2D eigenvalue weighted by Crippen LogP contribution is -1.99. The summed E-state index contributed by atoms with van der Waals surface area (Å²) in [4.78, 5) is 4.48. The smallest absolute Gasteiger partial charge is 0.123 e. The summed E-state index contributed by atoms with van der Waals surface area (Å²) in [5.41, 5.74) is 3.26. The minimum absolute atomic E-state index is 0.461. The Morgan fingerprint density at radius 2 is 2.05 bits per heavy atom. The molecule has 0 aliphatic rings. The largest absolute Gasteiger partial charge is 0.267 e. The molecule has 0 aliphatic heterocycles. The zero-order valence-electron chi connectivity index (χ0n) is 10.5. The van der Waals surface area contributed by atoms with Crippen LogP contribution >= 0.6 is 38.9 Å². The van der Waals surface area contributed by atoms with Gasteiger partial charge in [0.2, 0.25) is 0 Å². The number of nitrogens with zero attached hydrogens (tertiary/aromatic N) is 3. The van der Waals surface area contributed by atoms with Gasteiger partial charge in [0.1, 0.15) is 5.01 Å². The quantitative estimate of drug-likeness (QED) is 0.632.